The topological polar surface area (TPSA) is 67.2 Å². The lowest BCUT2D eigenvalue weighted by molar-refractivity contribution is -0.123. The largest absolute Gasteiger partial charge is 0.350 e. The summed E-state index contributed by atoms with van der Waals surface area (Å²) < 4.78 is 29.6. The second-order valence-electron chi connectivity index (χ2n) is 10.3. The number of thioether (sulfide) groups is 1. The normalized spacial score (nSPS) is 14.7. The molecule has 0 bridgehead atoms. The number of rotatable bonds is 7. The van der Waals surface area contributed by atoms with Crippen molar-refractivity contribution in [1.29, 1.82) is 0 Å². The molecular weight excluding hydrogens is 566 g/mol. The highest BCUT2D eigenvalue weighted by atomic mass is 32.2. The quantitative estimate of drug-likeness (QED) is 0.230. The molecule has 1 aromatic heterocycles. The standard InChI is InChI=1S/C34H28F2N4O2S/c1-22-7-5-12-28(17-22)40-34-31(32(38-40)24-8-3-2-4-9-24)33(25-10-6-11-27(36)18-25)43-21-30(42)39(34)20-29(41)37-19-23-13-15-26(35)16-14-23/h2-18,33H,19-21H2,1H3,(H,37,41). The molecule has 9 heteroatoms. The molecule has 1 atom stereocenters. The van der Waals surface area contributed by atoms with Crippen LogP contribution in [0.25, 0.3) is 16.9 Å². The third kappa shape index (κ3) is 6.08. The number of aromatic nitrogens is 2. The fraction of sp³-hybridized carbons (Fsp3) is 0.147. The Morgan fingerprint density at radius 1 is 0.930 bits per heavy atom. The average Bonchev–Trinajstić information content (AvgIpc) is 3.34. The van der Waals surface area contributed by atoms with E-state index in [-0.39, 0.29) is 42.3 Å². The number of nitrogens with zero attached hydrogens (tertiary/aromatic N) is 3. The Bertz CT molecular complexity index is 1790. The monoisotopic (exact) mass is 594 g/mol. The summed E-state index contributed by atoms with van der Waals surface area (Å²) in [5.74, 6) is -0.845. The van der Waals surface area contributed by atoms with E-state index in [0.717, 1.165) is 27.9 Å². The van der Waals surface area contributed by atoms with Gasteiger partial charge in [0.25, 0.3) is 0 Å². The summed E-state index contributed by atoms with van der Waals surface area (Å²) in [5, 5.41) is 7.47. The van der Waals surface area contributed by atoms with Gasteiger partial charge in [-0.3, -0.25) is 14.5 Å². The minimum Gasteiger partial charge on any atom is -0.350 e. The Balaban J connectivity index is 1.50. The van der Waals surface area contributed by atoms with Crippen LogP contribution in [0.2, 0.25) is 0 Å². The summed E-state index contributed by atoms with van der Waals surface area (Å²) in [7, 11) is 0. The highest BCUT2D eigenvalue weighted by molar-refractivity contribution is 8.00. The number of carbonyl (C=O) groups is 2. The van der Waals surface area contributed by atoms with E-state index in [4.69, 9.17) is 5.10 Å². The number of hydrogen-bond donors (Lipinski definition) is 1. The van der Waals surface area contributed by atoms with Gasteiger partial charge in [-0.15, -0.1) is 11.8 Å². The summed E-state index contributed by atoms with van der Waals surface area (Å²) in [6.45, 7) is 1.90. The molecule has 1 N–H and O–H groups in total. The van der Waals surface area contributed by atoms with Crippen LogP contribution in [-0.2, 0) is 16.1 Å². The molecule has 4 aromatic carbocycles. The number of hydrogen-bond acceptors (Lipinski definition) is 4. The van der Waals surface area contributed by atoms with Gasteiger partial charge in [0.15, 0.2) is 0 Å². The van der Waals surface area contributed by atoms with Crippen molar-refractivity contribution in [3.05, 3.63) is 137 Å². The molecule has 0 spiro atoms. The molecule has 0 fully saturated rings. The molecule has 6 rings (SSSR count). The molecule has 43 heavy (non-hydrogen) atoms. The van der Waals surface area contributed by atoms with E-state index in [1.54, 1.807) is 22.9 Å². The van der Waals surface area contributed by atoms with E-state index in [1.807, 2.05) is 67.6 Å². The van der Waals surface area contributed by atoms with E-state index in [0.29, 0.717) is 17.1 Å². The second kappa shape index (κ2) is 12.2. The van der Waals surface area contributed by atoms with Crippen LogP contribution in [0.5, 0.6) is 0 Å². The molecule has 0 aliphatic carbocycles. The number of benzene rings is 4. The number of nitrogens with one attached hydrogen (secondary N) is 1. The van der Waals surface area contributed by atoms with Gasteiger partial charge in [-0.2, -0.15) is 5.10 Å². The molecule has 1 aliphatic heterocycles. The van der Waals surface area contributed by atoms with Crippen LogP contribution < -0.4 is 10.2 Å². The Hall–Kier alpha value is -4.76. The zero-order valence-electron chi connectivity index (χ0n) is 23.3. The van der Waals surface area contributed by atoms with Gasteiger partial charge in [0.1, 0.15) is 24.0 Å². The van der Waals surface area contributed by atoms with Crippen LogP contribution in [0, 0.1) is 18.6 Å². The van der Waals surface area contributed by atoms with Crippen LogP contribution in [0.3, 0.4) is 0 Å². The minimum atomic E-state index is -0.435. The van der Waals surface area contributed by atoms with Gasteiger partial charge in [-0.25, -0.2) is 13.5 Å². The first-order chi connectivity index (χ1) is 20.9. The van der Waals surface area contributed by atoms with E-state index in [1.165, 1.54) is 40.9 Å². The third-order valence-corrected chi connectivity index (χ3v) is 8.49. The minimum absolute atomic E-state index is 0.0726. The van der Waals surface area contributed by atoms with Crippen molar-refractivity contribution in [2.45, 2.75) is 18.7 Å². The molecule has 216 valence electrons. The summed E-state index contributed by atoms with van der Waals surface area (Å²) in [5.41, 5.74) is 5.36. The number of amides is 2. The van der Waals surface area contributed by atoms with Crippen LogP contribution >= 0.6 is 11.8 Å². The van der Waals surface area contributed by atoms with Gasteiger partial charge in [-0.05, 0) is 60.0 Å². The van der Waals surface area contributed by atoms with Gasteiger partial charge in [-0.1, -0.05) is 66.7 Å². The molecule has 1 aliphatic rings. The van der Waals surface area contributed by atoms with Crippen molar-refractivity contribution >= 4 is 29.4 Å². The van der Waals surface area contributed by atoms with Gasteiger partial charge >= 0.3 is 0 Å². The van der Waals surface area contributed by atoms with Crippen molar-refractivity contribution in [2.24, 2.45) is 0 Å². The van der Waals surface area contributed by atoms with Gasteiger partial charge in [0, 0.05) is 17.7 Å². The van der Waals surface area contributed by atoms with E-state index >= 15 is 0 Å². The Morgan fingerprint density at radius 3 is 2.44 bits per heavy atom. The van der Waals surface area contributed by atoms with Crippen LogP contribution in [0.4, 0.5) is 14.6 Å². The summed E-state index contributed by atoms with van der Waals surface area (Å²) in [6, 6.07) is 29.7. The Morgan fingerprint density at radius 2 is 1.70 bits per heavy atom. The van der Waals surface area contributed by atoms with Crippen molar-refractivity contribution < 1.29 is 18.4 Å². The molecule has 6 nitrogen and oxygen atoms in total. The van der Waals surface area contributed by atoms with Gasteiger partial charge in [0.2, 0.25) is 11.8 Å². The highest BCUT2D eigenvalue weighted by Crippen LogP contribution is 2.48. The molecule has 0 saturated heterocycles. The molecule has 2 heterocycles. The van der Waals surface area contributed by atoms with Gasteiger partial charge in [0.05, 0.1) is 22.4 Å². The number of aryl methyl sites for hydroxylation is 1. The Kier molecular flexibility index (Phi) is 8.07. The zero-order chi connectivity index (χ0) is 29.9. The second-order valence-corrected chi connectivity index (χ2v) is 11.4. The molecular formula is C34H28F2N4O2S. The third-order valence-electron chi connectivity index (χ3n) is 7.24. The summed E-state index contributed by atoms with van der Waals surface area (Å²) in [6.07, 6.45) is 0. The lowest BCUT2D eigenvalue weighted by atomic mass is 9.99. The first-order valence-corrected chi connectivity index (χ1v) is 14.9. The molecule has 5 aromatic rings. The molecule has 0 radical (unpaired) electrons. The fourth-order valence-electron chi connectivity index (χ4n) is 5.20. The summed E-state index contributed by atoms with van der Waals surface area (Å²) >= 11 is 1.38. The first-order valence-electron chi connectivity index (χ1n) is 13.8. The molecule has 1 unspecified atom stereocenters. The number of carbonyl (C=O) groups excluding carboxylic acids is 2. The first kappa shape index (κ1) is 28.4. The SMILES string of the molecule is Cc1cccc(-n2nc(-c3ccccc3)c3c2N(CC(=O)NCc2ccc(F)cc2)C(=O)CSC3c2cccc(F)c2)c1. The number of fused-ring (bicyclic) bond motifs is 1. The maximum Gasteiger partial charge on any atom is 0.240 e. The van der Waals surface area contributed by atoms with Crippen LogP contribution in [0.15, 0.2) is 103 Å². The lowest BCUT2D eigenvalue weighted by Gasteiger charge is -2.23. The maximum atomic E-state index is 14.5. The number of halogens is 2. The van der Waals surface area contributed by atoms with Crippen LogP contribution in [0.1, 0.15) is 27.5 Å². The molecule has 2 amide bonds. The Labute approximate surface area is 252 Å². The summed E-state index contributed by atoms with van der Waals surface area (Å²) in [4.78, 5) is 28.6. The zero-order valence-corrected chi connectivity index (χ0v) is 24.2. The molecule has 0 saturated carbocycles. The van der Waals surface area contributed by atoms with Gasteiger partial charge < -0.3 is 5.32 Å². The van der Waals surface area contributed by atoms with Crippen molar-refractivity contribution in [3.63, 3.8) is 0 Å². The van der Waals surface area contributed by atoms with E-state index < -0.39 is 5.25 Å². The van der Waals surface area contributed by atoms with Crippen molar-refractivity contribution in [2.75, 3.05) is 17.2 Å². The lowest BCUT2D eigenvalue weighted by Crippen LogP contribution is -2.42. The van der Waals surface area contributed by atoms with E-state index in [2.05, 4.69) is 5.32 Å². The fourth-order valence-corrected chi connectivity index (χ4v) is 6.39. The van der Waals surface area contributed by atoms with Crippen LogP contribution in [-0.4, -0.2) is 33.9 Å². The van der Waals surface area contributed by atoms with Crippen molar-refractivity contribution in [3.8, 4) is 16.9 Å². The smallest absolute Gasteiger partial charge is 0.240 e. The number of anilines is 1. The average molecular weight is 595 g/mol. The predicted molar refractivity (Wildman–Crippen MR) is 165 cm³/mol. The highest BCUT2D eigenvalue weighted by Gasteiger charge is 2.37. The van der Waals surface area contributed by atoms with E-state index in [9.17, 15) is 18.4 Å². The van der Waals surface area contributed by atoms with Crippen molar-refractivity contribution in [1.82, 2.24) is 15.1 Å². The maximum absolute atomic E-state index is 14.5. The predicted octanol–water partition coefficient (Wildman–Crippen LogP) is 6.61.